The summed E-state index contributed by atoms with van der Waals surface area (Å²) in [6.45, 7) is 15.8. The van der Waals surface area contributed by atoms with Crippen molar-refractivity contribution in [1.82, 2.24) is 0 Å². The summed E-state index contributed by atoms with van der Waals surface area (Å²) in [5.41, 5.74) is 0.213. The molecule has 0 aromatic rings. The van der Waals surface area contributed by atoms with Crippen LogP contribution in [0.5, 0.6) is 0 Å². The fourth-order valence-electron chi connectivity index (χ4n) is 0.913. The Morgan fingerprint density at radius 1 is 1.05 bits per heavy atom. The molecule has 4 heteroatoms. The van der Waals surface area contributed by atoms with Gasteiger partial charge in [-0.25, -0.2) is 9.59 Å². The fraction of sp³-hybridized carbons (Fsp3) is 0.625. The van der Waals surface area contributed by atoms with Crippen LogP contribution >= 0.6 is 0 Å². The number of hydrogen-bond acceptors (Lipinski definition) is 4. The summed E-state index contributed by atoms with van der Waals surface area (Å²) in [5.74, 6) is -0.886. The van der Waals surface area contributed by atoms with Gasteiger partial charge in [0.05, 0.1) is 0 Å². The predicted molar refractivity (Wildman–Crippen MR) is 83.4 cm³/mol. The molecule has 0 saturated heterocycles. The van der Waals surface area contributed by atoms with Crippen molar-refractivity contribution in [2.45, 2.75) is 55.6 Å². The second-order valence-corrected chi connectivity index (χ2v) is 5.17. The lowest BCUT2D eigenvalue weighted by Gasteiger charge is -2.30. The molecular weight excluding hydrogens is 256 g/mol. The van der Waals surface area contributed by atoms with E-state index in [0.29, 0.717) is 11.1 Å². The summed E-state index contributed by atoms with van der Waals surface area (Å²) in [6, 6.07) is 0. The predicted octanol–water partition coefficient (Wildman–Crippen LogP) is 3.91. The second kappa shape index (κ2) is 9.34. The molecule has 0 N–H and O–H groups in total. The van der Waals surface area contributed by atoms with Crippen molar-refractivity contribution < 1.29 is 19.1 Å². The summed E-state index contributed by atoms with van der Waals surface area (Å²) in [7, 11) is 0. The summed E-state index contributed by atoms with van der Waals surface area (Å²) in [6.07, 6.45) is -0.389. The third-order valence-electron chi connectivity index (χ3n) is 2.66. The van der Waals surface area contributed by atoms with E-state index in [4.69, 9.17) is 9.47 Å². The van der Waals surface area contributed by atoms with E-state index in [-0.39, 0.29) is 27.6 Å². The molecule has 0 aliphatic carbocycles. The molecule has 4 nitrogen and oxygen atoms in total. The highest BCUT2D eigenvalue weighted by atomic mass is 16.6. The Morgan fingerprint density at radius 2 is 1.45 bits per heavy atom. The molecule has 0 aliphatic heterocycles. The average molecular weight is 286 g/mol. The number of esters is 2. The topological polar surface area (TPSA) is 52.6 Å². The minimum Gasteiger partial charge on any atom is -0.462 e. The smallest absolute Gasteiger partial charge is 0.333 e. The van der Waals surface area contributed by atoms with Gasteiger partial charge in [-0.15, -0.1) is 0 Å². The first-order valence-corrected chi connectivity index (χ1v) is 5.77. The standard InChI is InChI=1S/C14H22O4.2CH4/c1-9(2)12(15)17-8-14(6,7)11(5)18-13(16)10(3)4;;/h11H,1,3,8H2,2,4-7H3;2*1H4. The van der Waals surface area contributed by atoms with Crippen molar-refractivity contribution in [3.05, 3.63) is 24.3 Å². The van der Waals surface area contributed by atoms with Crippen molar-refractivity contribution in [3.63, 3.8) is 0 Å². The Hall–Kier alpha value is -1.58. The third kappa shape index (κ3) is 7.77. The van der Waals surface area contributed by atoms with Crippen LogP contribution in [0.3, 0.4) is 0 Å². The van der Waals surface area contributed by atoms with Crippen molar-refractivity contribution in [2.24, 2.45) is 5.41 Å². The fourth-order valence-corrected chi connectivity index (χ4v) is 0.913. The molecule has 0 aliphatic rings. The molecular formula is C16H30O4. The molecule has 118 valence electrons. The summed E-state index contributed by atoms with van der Waals surface area (Å²) in [4.78, 5) is 22.7. The molecule has 0 saturated carbocycles. The lowest BCUT2D eigenvalue weighted by molar-refractivity contribution is -0.155. The van der Waals surface area contributed by atoms with E-state index in [9.17, 15) is 9.59 Å². The van der Waals surface area contributed by atoms with Crippen LogP contribution in [0.4, 0.5) is 0 Å². The maximum atomic E-state index is 11.4. The molecule has 0 spiro atoms. The van der Waals surface area contributed by atoms with E-state index in [1.807, 2.05) is 13.8 Å². The van der Waals surface area contributed by atoms with Gasteiger partial charge in [0.25, 0.3) is 0 Å². The van der Waals surface area contributed by atoms with Gasteiger partial charge in [-0.1, -0.05) is 41.9 Å². The lowest BCUT2D eigenvalue weighted by atomic mass is 9.88. The van der Waals surface area contributed by atoms with Crippen LogP contribution in [-0.2, 0) is 19.1 Å². The van der Waals surface area contributed by atoms with Crippen LogP contribution in [-0.4, -0.2) is 24.6 Å². The number of carbonyl (C=O) groups excluding carboxylic acids is 2. The molecule has 0 radical (unpaired) electrons. The minimum atomic E-state index is -0.476. The highest BCUT2D eigenvalue weighted by molar-refractivity contribution is 5.87. The van der Waals surface area contributed by atoms with Crippen molar-refractivity contribution >= 4 is 11.9 Å². The first-order chi connectivity index (χ1) is 8.08. The summed E-state index contributed by atoms with van der Waals surface area (Å²) < 4.78 is 10.3. The van der Waals surface area contributed by atoms with E-state index in [1.165, 1.54) is 0 Å². The third-order valence-corrected chi connectivity index (χ3v) is 2.66. The molecule has 0 heterocycles. The van der Waals surface area contributed by atoms with E-state index in [2.05, 4.69) is 13.2 Å². The van der Waals surface area contributed by atoms with E-state index in [0.717, 1.165) is 0 Å². The largest absolute Gasteiger partial charge is 0.462 e. The Morgan fingerprint density at radius 3 is 1.80 bits per heavy atom. The van der Waals surface area contributed by atoms with Crippen molar-refractivity contribution in [3.8, 4) is 0 Å². The quantitative estimate of drug-likeness (QED) is 0.548. The van der Waals surface area contributed by atoms with Crippen LogP contribution in [0.2, 0.25) is 0 Å². The average Bonchev–Trinajstić information content (AvgIpc) is 2.25. The number of rotatable bonds is 6. The molecule has 0 aromatic carbocycles. The molecule has 0 amide bonds. The summed E-state index contributed by atoms with van der Waals surface area (Å²) in [5, 5.41) is 0. The van der Waals surface area contributed by atoms with Crippen LogP contribution in [0.1, 0.15) is 49.5 Å². The zero-order valence-corrected chi connectivity index (χ0v) is 11.8. The SMILES string of the molecule is C.C.C=C(C)C(=O)OCC(C)(C)C(C)OC(=O)C(=C)C. The Labute approximate surface area is 123 Å². The van der Waals surface area contributed by atoms with Crippen LogP contribution in [0, 0.1) is 5.41 Å². The van der Waals surface area contributed by atoms with Crippen molar-refractivity contribution in [1.29, 1.82) is 0 Å². The summed E-state index contributed by atoms with van der Waals surface area (Å²) >= 11 is 0. The van der Waals surface area contributed by atoms with Crippen LogP contribution < -0.4 is 0 Å². The van der Waals surface area contributed by atoms with E-state index < -0.39 is 17.4 Å². The highest BCUT2D eigenvalue weighted by Crippen LogP contribution is 2.24. The maximum Gasteiger partial charge on any atom is 0.333 e. The Kier molecular flexibility index (Phi) is 11.0. The van der Waals surface area contributed by atoms with Gasteiger partial charge in [0.1, 0.15) is 12.7 Å². The van der Waals surface area contributed by atoms with Crippen LogP contribution in [0.15, 0.2) is 24.3 Å². The van der Waals surface area contributed by atoms with Gasteiger partial charge < -0.3 is 9.47 Å². The highest BCUT2D eigenvalue weighted by Gasteiger charge is 2.31. The van der Waals surface area contributed by atoms with Crippen LogP contribution in [0.25, 0.3) is 0 Å². The van der Waals surface area contributed by atoms with E-state index in [1.54, 1.807) is 20.8 Å². The lowest BCUT2D eigenvalue weighted by Crippen LogP contribution is -2.36. The zero-order chi connectivity index (χ0) is 14.5. The maximum absolute atomic E-state index is 11.4. The minimum absolute atomic E-state index is 0. The van der Waals surface area contributed by atoms with Gasteiger partial charge in [0, 0.05) is 16.6 Å². The number of ether oxygens (including phenoxy) is 2. The van der Waals surface area contributed by atoms with Gasteiger partial charge in [0.2, 0.25) is 0 Å². The van der Waals surface area contributed by atoms with E-state index >= 15 is 0 Å². The van der Waals surface area contributed by atoms with Gasteiger partial charge >= 0.3 is 11.9 Å². The molecule has 0 bridgehead atoms. The monoisotopic (exact) mass is 286 g/mol. The number of carbonyl (C=O) groups is 2. The molecule has 1 atom stereocenters. The second-order valence-electron chi connectivity index (χ2n) is 5.17. The number of hydrogen-bond donors (Lipinski definition) is 0. The Balaban J connectivity index is -0.00000144. The van der Waals surface area contributed by atoms with Gasteiger partial charge in [-0.2, -0.15) is 0 Å². The Bertz CT molecular complexity index is 367. The van der Waals surface area contributed by atoms with Gasteiger partial charge in [-0.05, 0) is 20.8 Å². The normalized spacial score (nSPS) is 11.2. The van der Waals surface area contributed by atoms with Gasteiger partial charge in [-0.3, -0.25) is 0 Å². The molecule has 0 rings (SSSR count). The first-order valence-electron chi connectivity index (χ1n) is 5.77. The van der Waals surface area contributed by atoms with Crippen molar-refractivity contribution in [2.75, 3.05) is 6.61 Å². The molecule has 0 aromatic heterocycles. The molecule has 20 heavy (non-hydrogen) atoms. The first kappa shape index (κ1) is 23.5. The van der Waals surface area contributed by atoms with Gasteiger partial charge in [0.15, 0.2) is 0 Å². The molecule has 0 fully saturated rings. The zero-order valence-electron chi connectivity index (χ0n) is 11.8. The molecule has 1 unspecified atom stereocenters.